The maximum absolute atomic E-state index is 12.7. The predicted octanol–water partition coefficient (Wildman–Crippen LogP) is 4.07. The first-order valence-electron chi connectivity index (χ1n) is 9.28. The van der Waals surface area contributed by atoms with E-state index >= 15 is 0 Å². The van der Waals surface area contributed by atoms with Crippen molar-refractivity contribution in [1.29, 1.82) is 0 Å². The Hall–Kier alpha value is -2.70. The van der Waals surface area contributed by atoms with E-state index in [9.17, 15) is 14.4 Å². The van der Waals surface area contributed by atoms with Crippen LogP contribution in [0.15, 0.2) is 42.5 Å². The number of hydrogen-bond donors (Lipinski definition) is 1. The van der Waals surface area contributed by atoms with E-state index in [1.54, 1.807) is 57.2 Å². The average Bonchev–Trinajstić information content (AvgIpc) is 2.94. The zero-order chi connectivity index (χ0) is 21.3. The van der Waals surface area contributed by atoms with Crippen LogP contribution < -0.4 is 5.32 Å². The van der Waals surface area contributed by atoms with Crippen LogP contribution in [0.4, 0.5) is 5.69 Å². The summed E-state index contributed by atoms with van der Waals surface area (Å²) in [6, 6.07) is 12.0. The van der Waals surface area contributed by atoms with Crippen LogP contribution in [0, 0.1) is 6.92 Å². The van der Waals surface area contributed by atoms with Crippen molar-refractivity contribution in [2.24, 2.45) is 0 Å². The lowest BCUT2D eigenvalue weighted by Gasteiger charge is -2.34. The van der Waals surface area contributed by atoms with Crippen molar-refractivity contribution in [3.8, 4) is 0 Å². The van der Waals surface area contributed by atoms with E-state index in [0.29, 0.717) is 21.8 Å². The quantitative estimate of drug-likeness (QED) is 0.723. The average molecular weight is 415 g/mol. The molecule has 3 amide bonds. The van der Waals surface area contributed by atoms with E-state index in [2.05, 4.69) is 5.32 Å². The predicted molar refractivity (Wildman–Crippen MR) is 111 cm³/mol. The number of rotatable bonds is 6. The monoisotopic (exact) mass is 414 g/mol. The molecule has 29 heavy (non-hydrogen) atoms. The van der Waals surface area contributed by atoms with Crippen LogP contribution >= 0.6 is 11.6 Å². The number of hydrogen-bond acceptors (Lipinski definition) is 4. The first-order chi connectivity index (χ1) is 13.6. The summed E-state index contributed by atoms with van der Waals surface area (Å²) in [6.45, 7) is 6.98. The highest BCUT2D eigenvalue weighted by molar-refractivity contribution is 6.31. The molecule has 0 spiro atoms. The SMILES string of the molecule is Cc1ccc(NC(=O)C(C)OCC(C)(C)N2C(=O)c3ccccc3C2=O)cc1Cl. The van der Waals surface area contributed by atoms with Gasteiger partial charge in [0, 0.05) is 10.7 Å². The van der Waals surface area contributed by atoms with Gasteiger partial charge in [-0.25, -0.2) is 0 Å². The lowest BCUT2D eigenvalue weighted by atomic mass is 10.0. The van der Waals surface area contributed by atoms with Crippen molar-refractivity contribution >= 4 is 35.0 Å². The highest BCUT2D eigenvalue weighted by Crippen LogP contribution is 2.29. The Kier molecular flexibility index (Phi) is 5.78. The minimum Gasteiger partial charge on any atom is -0.366 e. The van der Waals surface area contributed by atoms with Crippen LogP contribution in [0.1, 0.15) is 47.1 Å². The minimum atomic E-state index is -0.922. The number of halogens is 1. The number of imide groups is 1. The third-order valence-electron chi connectivity index (χ3n) is 4.89. The van der Waals surface area contributed by atoms with Crippen molar-refractivity contribution in [2.45, 2.75) is 39.3 Å². The number of ether oxygens (including phenoxy) is 1. The summed E-state index contributed by atoms with van der Waals surface area (Å²) >= 11 is 6.08. The van der Waals surface area contributed by atoms with Gasteiger partial charge >= 0.3 is 0 Å². The van der Waals surface area contributed by atoms with Gasteiger partial charge in [-0.05, 0) is 57.5 Å². The number of benzene rings is 2. The molecule has 0 radical (unpaired) electrons. The van der Waals surface area contributed by atoms with Gasteiger partial charge in [0.25, 0.3) is 17.7 Å². The van der Waals surface area contributed by atoms with Gasteiger partial charge in [0.15, 0.2) is 0 Å². The second kappa shape index (κ2) is 7.97. The molecule has 7 heteroatoms. The van der Waals surface area contributed by atoms with Gasteiger partial charge < -0.3 is 10.1 Å². The van der Waals surface area contributed by atoms with E-state index < -0.39 is 11.6 Å². The third-order valence-corrected chi connectivity index (χ3v) is 5.30. The lowest BCUT2D eigenvalue weighted by molar-refractivity contribution is -0.128. The van der Waals surface area contributed by atoms with Crippen LogP contribution in [-0.4, -0.2) is 40.9 Å². The van der Waals surface area contributed by atoms with Gasteiger partial charge in [0.1, 0.15) is 6.10 Å². The summed E-state index contributed by atoms with van der Waals surface area (Å²) in [6.07, 6.45) is -0.787. The lowest BCUT2D eigenvalue weighted by Crippen LogP contribution is -2.51. The summed E-state index contributed by atoms with van der Waals surface area (Å²) < 4.78 is 5.71. The number of amides is 3. The van der Waals surface area contributed by atoms with Crippen molar-refractivity contribution < 1.29 is 19.1 Å². The molecule has 3 rings (SSSR count). The fourth-order valence-corrected chi connectivity index (χ4v) is 3.30. The van der Waals surface area contributed by atoms with Crippen LogP contribution in [0.5, 0.6) is 0 Å². The second-order valence-corrected chi connectivity index (χ2v) is 8.12. The summed E-state index contributed by atoms with van der Waals surface area (Å²) in [4.78, 5) is 39.0. The zero-order valence-corrected chi connectivity index (χ0v) is 17.5. The topological polar surface area (TPSA) is 75.7 Å². The Morgan fingerprint density at radius 2 is 1.72 bits per heavy atom. The molecule has 6 nitrogen and oxygen atoms in total. The Morgan fingerprint density at radius 3 is 2.28 bits per heavy atom. The van der Waals surface area contributed by atoms with Gasteiger partial charge in [0.05, 0.1) is 23.3 Å². The molecule has 1 atom stereocenters. The van der Waals surface area contributed by atoms with Gasteiger partial charge in [-0.1, -0.05) is 29.8 Å². The zero-order valence-electron chi connectivity index (χ0n) is 16.8. The molecule has 1 heterocycles. The van der Waals surface area contributed by atoms with Gasteiger partial charge in [0.2, 0.25) is 0 Å². The van der Waals surface area contributed by atoms with E-state index in [4.69, 9.17) is 16.3 Å². The van der Waals surface area contributed by atoms with Crippen molar-refractivity contribution in [3.63, 3.8) is 0 Å². The van der Waals surface area contributed by atoms with Crippen LogP contribution in [-0.2, 0) is 9.53 Å². The number of nitrogens with zero attached hydrogens (tertiary/aromatic N) is 1. The molecule has 1 unspecified atom stereocenters. The maximum Gasteiger partial charge on any atom is 0.262 e. The standard InChI is InChI=1S/C22H23ClN2O4/c1-13-9-10-15(11-18(13)23)24-19(26)14(2)29-12-22(3,4)25-20(27)16-7-5-6-8-17(16)21(25)28/h5-11,14H,12H2,1-4H3,(H,24,26). The normalized spacial score (nSPS) is 14.7. The molecule has 0 saturated carbocycles. The molecular formula is C22H23ClN2O4. The maximum atomic E-state index is 12.7. The summed E-state index contributed by atoms with van der Waals surface area (Å²) in [5, 5.41) is 3.31. The number of anilines is 1. The van der Waals surface area contributed by atoms with Crippen LogP contribution in [0.2, 0.25) is 5.02 Å². The van der Waals surface area contributed by atoms with Gasteiger partial charge in [-0.15, -0.1) is 0 Å². The van der Waals surface area contributed by atoms with Crippen LogP contribution in [0.25, 0.3) is 0 Å². The smallest absolute Gasteiger partial charge is 0.262 e. The Labute approximate surface area is 174 Å². The number of carbonyl (C=O) groups is 3. The van der Waals surface area contributed by atoms with Crippen molar-refractivity contribution in [1.82, 2.24) is 4.90 Å². The molecule has 0 bridgehead atoms. The third kappa shape index (κ3) is 4.18. The largest absolute Gasteiger partial charge is 0.366 e. The van der Waals surface area contributed by atoms with Crippen molar-refractivity contribution in [3.05, 3.63) is 64.2 Å². The molecule has 1 N–H and O–H groups in total. The first kappa shape index (κ1) is 21.0. The van der Waals surface area contributed by atoms with Gasteiger partial charge in [-0.3, -0.25) is 19.3 Å². The summed E-state index contributed by atoms with van der Waals surface area (Å²) in [5.41, 5.74) is 1.33. The fraction of sp³-hybridized carbons (Fsp3) is 0.318. The molecule has 152 valence electrons. The molecule has 0 saturated heterocycles. The fourth-order valence-electron chi connectivity index (χ4n) is 3.12. The first-order valence-corrected chi connectivity index (χ1v) is 9.66. The van der Waals surface area contributed by atoms with Gasteiger partial charge in [-0.2, -0.15) is 0 Å². The molecule has 0 aliphatic carbocycles. The molecule has 2 aromatic rings. The summed E-state index contributed by atoms with van der Waals surface area (Å²) in [5.74, 6) is -1.06. The number of fused-ring (bicyclic) bond motifs is 1. The number of nitrogens with one attached hydrogen (secondary N) is 1. The van der Waals surface area contributed by atoms with Crippen molar-refractivity contribution in [2.75, 3.05) is 11.9 Å². The molecule has 1 aliphatic heterocycles. The minimum absolute atomic E-state index is 0.0156. The molecule has 0 aromatic heterocycles. The highest BCUT2D eigenvalue weighted by atomic mass is 35.5. The Balaban J connectivity index is 1.64. The summed E-state index contributed by atoms with van der Waals surface area (Å²) in [7, 11) is 0. The van der Waals surface area contributed by atoms with E-state index in [-0.39, 0.29) is 24.3 Å². The highest BCUT2D eigenvalue weighted by Gasteiger charge is 2.44. The molecule has 0 fully saturated rings. The van der Waals surface area contributed by atoms with E-state index in [0.717, 1.165) is 5.56 Å². The van der Waals surface area contributed by atoms with E-state index in [1.165, 1.54) is 4.90 Å². The number of aryl methyl sites for hydroxylation is 1. The molecular weight excluding hydrogens is 392 g/mol. The molecule has 1 aliphatic rings. The number of carbonyl (C=O) groups excluding carboxylic acids is 3. The molecule has 2 aromatic carbocycles. The second-order valence-electron chi connectivity index (χ2n) is 7.71. The Morgan fingerprint density at radius 1 is 1.14 bits per heavy atom. The van der Waals surface area contributed by atoms with Crippen LogP contribution in [0.3, 0.4) is 0 Å². The van der Waals surface area contributed by atoms with E-state index in [1.807, 2.05) is 13.0 Å². The Bertz CT molecular complexity index is 952.